The zero-order valence-corrected chi connectivity index (χ0v) is 20.5. The molecular weight excluding hydrogens is 472 g/mol. The van der Waals surface area contributed by atoms with Gasteiger partial charge in [-0.2, -0.15) is 5.10 Å². The van der Waals surface area contributed by atoms with Crippen molar-refractivity contribution in [1.29, 1.82) is 0 Å². The average Bonchev–Trinajstić information content (AvgIpc) is 3.61. The van der Waals surface area contributed by atoms with E-state index >= 15 is 0 Å². The highest BCUT2D eigenvalue weighted by atomic mass is 32.1. The number of imidazole rings is 1. The summed E-state index contributed by atoms with van der Waals surface area (Å²) in [4.78, 5) is 36.2. The number of hydrogen-bond donors (Lipinski definition) is 3. The standard InChI is InChI=1S/C26H22N8OS/c1-3-4-21(35)29-16-11-15(12-27-13-16)18-6-7-19-23(30-18)24(34-33-19)26-31-22-17(9-10-28-25(22)32-26)20-8-5-14(2)36-20/h5-13H,3-4H2,1-2H3,(H,29,35)(H,33,34)(H,28,31,32). The van der Waals surface area contributed by atoms with Crippen LogP contribution in [0.5, 0.6) is 0 Å². The van der Waals surface area contributed by atoms with Gasteiger partial charge in [0.2, 0.25) is 5.91 Å². The number of fused-ring (bicyclic) bond motifs is 2. The lowest BCUT2D eigenvalue weighted by atomic mass is 10.1. The van der Waals surface area contributed by atoms with Crippen LogP contribution >= 0.6 is 11.3 Å². The van der Waals surface area contributed by atoms with Gasteiger partial charge < -0.3 is 10.3 Å². The van der Waals surface area contributed by atoms with E-state index in [9.17, 15) is 4.79 Å². The third-order valence-electron chi connectivity index (χ3n) is 5.82. The number of rotatable bonds is 6. The number of hydrogen-bond acceptors (Lipinski definition) is 7. The number of carbonyl (C=O) groups is 1. The number of aromatic nitrogens is 7. The maximum absolute atomic E-state index is 12.0. The Morgan fingerprint density at radius 2 is 2.00 bits per heavy atom. The second-order valence-electron chi connectivity index (χ2n) is 8.48. The summed E-state index contributed by atoms with van der Waals surface area (Å²) in [6, 6.07) is 11.9. The Labute approximate surface area is 210 Å². The summed E-state index contributed by atoms with van der Waals surface area (Å²) in [7, 11) is 0. The molecule has 0 atom stereocenters. The quantitative estimate of drug-likeness (QED) is 0.271. The van der Waals surface area contributed by atoms with E-state index in [0.29, 0.717) is 40.5 Å². The van der Waals surface area contributed by atoms with Crippen LogP contribution in [0, 0.1) is 6.92 Å². The smallest absolute Gasteiger partial charge is 0.224 e. The molecule has 6 rings (SSSR count). The first-order chi connectivity index (χ1) is 17.6. The van der Waals surface area contributed by atoms with Gasteiger partial charge >= 0.3 is 0 Å². The van der Waals surface area contributed by atoms with E-state index in [2.05, 4.69) is 49.5 Å². The number of thiophene rings is 1. The summed E-state index contributed by atoms with van der Waals surface area (Å²) < 4.78 is 0. The summed E-state index contributed by atoms with van der Waals surface area (Å²) in [6.45, 7) is 4.06. The first kappa shape index (κ1) is 22.1. The highest BCUT2D eigenvalue weighted by Gasteiger charge is 2.18. The molecule has 1 amide bonds. The first-order valence-electron chi connectivity index (χ1n) is 11.6. The van der Waals surface area contributed by atoms with Gasteiger partial charge in [-0.05, 0) is 49.7 Å². The zero-order chi connectivity index (χ0) is 24.6. The van der Waals surface area contributed by atoms with Gasteiger partial charge in [-0.3, -0.25) is 14.9 Å². The molecule has 0 radical (unpaired) electrons. The predicted molar refractivity (Wildman–Crippen MR) is 142 cm³/mol. The van der Waals surface area contributed by atoms with E-state index in [0.717, 1.165) is 33.5 Å². The van der Waals surface area contributed by atoms with Crippen molar-refractivity contribution in [3.8, 4) is 33.2 Å². The Kier molecular flexibility index (Phi) is 5.49. The molecule has 0 fully saturated rings. The van der Waals surface area contributed by atoms with E-state index in [-0.39, 0.29) is 5.91 Å². The fraction of sp³-hybridized carbons (Fsp3) is 0.154. The molecular formula is C26H22N8OS. The van der Waals surface area contributed by atoms with Gasteiger partial charge in [0.25, 0.3) is 0 Å². The van der Waals surface area contributed by atoms with Crippen molar-refractivity contribution < 1.29 is 4.79 Å². The maximum atomic E-state index is 12.0. The zero-order valence-electron chi connectivity index (χ0n) is 19.7. The molecule has 0 unspecified atom stereocenters. The van der Waals surface area contributed by atoms with Gasteiger partial charge in [-0.1, -0.05) is 6.92 Å². The van der Waals surface area contributed by atoms with Crippen molar-refractivity contribution in [3.05, 3.63) is 59.9 Å². The molecule has 6 aromatic heterocycles. The Morgan fingerprint density at radius 3 is 2.83 bits per heavy atom. The monoisotopic (exact) mass is 494 g/mol. The van der Waals surface area contributed by atoms with E-state index in [4.69, 9.17) is 9.97 Å². The van der Waals surface area contributed by atoms with Gasteiger partial charge in [0.05, 0.1) is 23.1 Å². The van der Waals surface area contributed by atoms with E-state index in [1.165, 1.54) is 4.88 Å². The molecule has 6 heterocycles. The summed E-state index contributed by atoms with van der Waals surface area (Å²) in [5.41, 5.74) is 6.74. The normalized spacial score (nSPS) is 11.4. The van der Waals surface area contributed by atoms with Gasteiger partial charge in [0.15, 0.2) is 17.2 Å². The fourth-order valence-electron chi connectivity index (χ4n) is 4.12. The number of nitrogens with zero attached hydrogens (tertiary/aromatic N) is 5. The molecule has 0 aliphatic carbocycles. The first-order valence-corrected chi connectivity index (χ1v) is 12.4. The summed E-state index contributed by atoms with van der Waals surface area (Å²) >= 11 is 1.72. The van der Waals surface area contributed by atoms with Crippen molar-refractivity contribution in [2.75, 3.05) is 5.32 Å². The van der Waals surface area contributed by atoms with Gasteiger partial charge in [-0.25, -0.2) is 15.0 Å². The second-order valence-corrected chi connectivity index (χ2v) is 9.76. The molecule has 0 saturated carbocycles. The highest BCUT2D eigenvalue weighted by Crippen LogP contribution is 2.34. The summed E-state index contributed by atoms with van der Waals surface area (Å²) in [6.07, 6.45) is 6.39. The summed E-state index contributed by atoms with van der Waals surface area (Å²) in [5.74, 6) is 0.556. The van der Waals surface area contributed by atoms with Crippen LogP contribution in [0.15, 0.2) is 55.0 Å². The Bertz CT molecular complexity index is 1730. The number of carbonyl (C=O) groups excluding carboxylic acids is 1. The largest absolute Gasteiger partial charge is 0.325 e. The third kappa shape index (κ3) is 4.01. The van der Waals surface area contributed by atoms with Crippen LogP contribution in [0.2, 0.25) is 0 Å². The number of anilines is 1. The SMILES string of the molecule is CCCC(=O)Nc1cncc(-c2ccc3[nH]nc(-c4nc5c(-c6ccc(C)s6)ccnc5[nH]4)c3n2)c1. The molecule has 0 spiro atoms. The molecule has 10 heteroatoms. The Morgan fingerprint density at radius 1 is 1.08 bits per heavy atom. The van der Waals surface area contributed by atoms with E-state index < -0.39 is 0 Å². The molecule has 0 bridgehead atoms. The summed E-state index contributed by atoms with van der Waals surface area (Å²) in [5, 5.41) is 10.4. The van der Waals surface area contributed by atoms with E-state index in [1.54, 1.807) is 29.9 Å². The molecule has 178 valence electrons. The van der Waals surface area contributed by atoms with Crippen LogP contribution in [-0.2, 0) is 4.79 Å². The highest BCUT2D eigenvalue weighted by molar-refractivity contribution is 7.15. The fourth-order valence-corrected chi connectivity index (χ4v) is 5.02. The van der Waals surface area contributed by atoms with Crippen molar-refractivity contribution in [2.45, 2.75) is 26.7 Å². The van der Waals surface area contributed by atoms with Crippen LogP contribution in [0.4, 0.5) is 5.69 Å². The third-order valence-corrected chi connectivity index (χ3v) is 6.85. The number of amides is 1. The minimum absolute atomic E-state index is 0.0347. The maximum Gasteiger partial charge on any atom is 0.224 e. The van der Waals surface area contributed by atoms with E-state index in [1.807, 2.05) is 31.2 Å². The minimum Gasteiger partial charge on any atom is -0.325 e. The average molecular weight is 495 g/mol. The predicted octanol–water partition coefficient (Wildman–Crippen LogP) is 5.73. The van der Waals surface area contributed by atoms with Crippen molar-refractivity contribution in [1.82, 2.24) is 35.1 Å². The van der Waals surface area contributed by atoms with Gasteiger partial charge in [0, 0.05) is 39.7 Å². The van der Waals surface area contributed by atoms with Crippen LogP contribution in [-0.4, -0.2) is 41.0 Å². The molecule has 3 N–H and O–H groups in total. The lowest BCUT2D eigenvalue weighted by Crippen LogP contribution is -2.10. The lowest BCUT2D eigenvalue weighted by molar-refractivity contribution is -0.116. The molecule has 0 aliphatic rings. The topological polar surface area (TPSA) is 125 Å². The van der Waals surface area contributed by atoms with Crippen molar-refractivity contribution in [2.24, 2.45) is 0 Å². The Hall–Kier alpha value is -4.44. The lowest BCUT2D eigenvalue weighted by Gasteiger charge is -2.06. The second kappa shape index (κ2) is 8.97. The van der Waals surface area contributed by atoms with Crippen molar-refractivity contribution in [3.63, 3.8) is 0 Å². The molecule has 36 heavy (non-hydrogen) atoms. The van der Waals surface area contributed by atoms with Gasteiger partial charge in [0.1, 0.15) is 11.0 Å². The molecule has 6 aromatic rings. The van der Waals surface area contributed by atoms with Crippen LogP contribution < -0.4 is 5.32 Å². The minimum atomic E-state index is -0.0347. The number of H-pyrrole nitrogens is 2. The molecule has 0 aromatic carbocycles. The molecule has 9 nitrogen and oxygen atoms in total. The van der Waals surface area contributed by atoms with Crippen LogP contribution in [0.3, 0.4) is 0 Å². The van der Waals surface area contributed by atoms with Gasteiger partial charge in [-0.15, -0.1) is 11.3 Å². The van der Waals surface area contributed by atoms with Crippen molar-refractivity contribution >= 4 is 45.1 Å². The molecule has 0 saturated heterocycles. The number of pyridine rings is 3. The van der Waals surface area contributed by atoms with Crippen LogP contribution in [0.25, 0.3) is 55.4 Å². The Balaban J connectivity index is 1.40. The number of nitrogens with one attached hydrogen (secondary N) is 3. The number of aromatic amines is 2. The van der Waals surface area contributed by atoms with Crippen LogP contribution in [0.1, 0.15) is 24.6 Å². The number of aryl methyl sites for hydroxylation is 1. The molecule has 0 aliphatic heterocycles.